The zero-order chi connectivity index (χ0) is 22.5. The summed E-state index contributed by atoms with van der Waals surface area (Å²) < 4.78 is 11.3. The molecular weight excluding hydrogens is 406 g/mol. The van der Waals surface area contributed by atoms with Crippen LogP contribution in [0.2, 0.25) is 0 Å². The predicted molar refractivity (Wildman–Crippen MR) is 119 cm³/mol. The van der Waals surface area contributed by atoms with E-state index in [4.69, 9.17) is 9.47 Å². The molecule has 162 valence electrons. The highest BCUT2D eigenvalue weighted by molar-refractivity contribution is 5.90. The van der Waals surface area contributed by atoms with E-state index in [2.05, 4.69) is 5.32 Å². The molecule has 0 spiro atoms. The van der Waals surface area contributed by atoms with Crippen LogP contribution in [-0.4, -0.2) is 30.3 Å². The number of carbonyl (C=O) groups is 3. The Kier molecular flexibility index (Phi) is 6.31. The summed E-state index contributed by atoms with van der Waals surface area (Å²) in [6, 6.07) is 23.2. The van der Waals surface area contributed by atoms with E-state index in [0.29, 0.717) is 29.0 Å². The molecule has 1 unspecified atom stereocenters. The average molecular weight is 429 g/mol. The Bertz CT molecular complexity index is 1100. The van der Waals surface area contributed by atoms with Crippen LogP contribution >= 0.6 is 0 Å². The molecule has 0 aromatic heterocycles. The third kappa shape index (κ3) is 4.70. The van der Waals surface area contributed by atoms with Crippen molar-refractivity contribution in [3.05, 3.63) is 95.6 Å². The summed E-state index contributed by atoms with van der Waals surface area (Å²) in [6.07, 6.45) is 0.372. The van der Waals surface area contributed by atoms with E-state index in [0.717, 1.165) is 5.56 Å². The van der Waals surface area contributed by atoms with Gasteiger partial charge in [-0.2, -0.15) is 0 Å². The van der Waals surface area contributed by atoms with Gasteiger partial charge in [-0.25, -0.2) is 0 Å². The number of hydrogen-bond donors (Lipinski definition) is 1. The molecule has 4 rings (SSSR count). The highest BCUT2D eigenvalue weighted by Crippen LogP contribution is 2.44. The normalized spacial score (nSPS) is 13.2. The van der Waals surface area contributed by atoms with E-state index in [-0.39, 0.29) is 5.78 Å². The van der Waals surface area contributed by atoms with Crippen LogP contribution < -0.4 is 10.1 Å². The number of carbonyl (C=O) groups excluding carboxylic acids is 3. The molecule has 3 aromatic carbocycles. The maximum atomic E-state index is 13.0. The summed E-state index contributed by atoms with van der Waals surface area (Å²) in [7, 11) is 0. The van der Waals surface area contributed by atoms with Gasteiger partial charge in [0.15, 0.2) is 12.4 Å². The Morgan fingerprint density at radius 1 is 0.875 bits per heavy atom. The molecule has 1 aliphatic rings. The molecular formula is C26H23NO5. The molecule has 32 heavy (non-hydrogen) atoms. The molecule has 0 fully saturated rings. The number of amides is 1. The van der Waals surface area contributed by atoms with Crippen LogP contribution in [0.4, 0.5) is 0 Å². The molecule has 0 saturated heterocycles. The number of esters is 1. The lowest BCUT2D eigenvalue weighted by atomic mass is 9.88. The average Bonchev–Trinajstić information content (AvgIpc) is 2.81. The summed E-state index contributed by atoms with van der Waals surface area (Å²) in [4.78, 5) is 37.5. The summed E-state index contributed by atoms with van der Waals surface area (Å²) in [6.45, 7) is 0.953. The van der Waals surface area contributed by atoms with Gasteiger partial charge in [0.25, 0.3) is 5.91 Å². The molecule has 1 heterocycles. The maximum Gasteiger partial charge on any atom is 0.318 e. The highest BCUT2D eigenvalue weighted by Gasteiger charge is 2.34. The fourth-order valence-corrected chi connectivity index (χ4v) is 3.77. The number of nitrogens with one attached hydrogen (secondary N) is 1. The van der Waals surface area contributed by atoms with Crippen molar-refractivity contribution in [2.24, 2.45) is 0 Å². The molecule has 3 aromatic rings. The first-order chi connectivity index (χ1) is 15.5. The van der Waals surface area contributed by atoms with Crippen LogP contribution in [0, 0.1) is 0 Å². The van der Waals surface area contributed by atoms with Crippen LogP contribution in [0.3, 0.4) is 0 Å². The minimum Gasteiger partial charge on any atom is -0.457 e. The van der Waals surface area contributed by atoms with Crippen LogP contribution in [0.15, 0.2) is 78.9 Å². The van der Waals surface area contributed by atoms with Crippen LogP contribution in [0.25, 0.3) is 0 Å². The lowest BCUT2D eigenvalue weighted by Gasteiger charge is -2.26. The first kappa shape index (κ1) is 21.3. The third-order valence-corrected chi connectivity index (χ3v) is 5.37. The van der Waals surface area contributed by atoms with E-state index in [1.807, 2.05) is 66.7 Å². The molecule has 1 aliphatic heterocycles. The highest BCUT2D eigenvalue weighted by atomic mass is 16.5. The number of fused-ring (bicyclic) bond motifs is 2. The Labute approximate surface area is 186 Å². The van der Waals surface area contributed by atoms with Gasteiger partial charge in [0.2, 0.25) is 0 Å². The van der Waals surface area contributed by atoms with E-state index in [1.54, 1.807) is 12.1 Å². The monoisotopic (exact) mass is 429 g/mol. The molecule has 0 radical (unpaired) electrons. The van der Waals surface area contributed by atoms with Gasteiger partial charge in [0.1, 0.15) is 17.4 Å². The second kappa shape index (κ2) is 9.47. The van der Waals surface area contributed by atoms with E-state index in [9.17, 15) is 14.4 Å². The van der Waals surface area contributed by atoms with Gasteiger partial charge in [0, 0.05) is 11.1 Å². The van der Waals surface area contributed by atoms with Crippen molar-refractivity contribution >= 4 is 17.7 Å². The van der Waals surface area contributed by atoms with Crippen molar-refractivity contribution in [1.82, 2.24) is 5.32 Å². The molecule has 6 nitrogen and oxygen atoms in total. The van der Waals surface area contributed by atoms with Gasteiger partial charge in [-0.1, -0.05) is 66.7 Å². The Morgan fingerprint density at radius 2 is 1.44 bits per heavy atom. The molecule has 6 heteroatoms. The van der Waals surface area contributed by atoms with Gasteiger partial charge >= 0.3 is 5.97 Å². The van der Waals surface area contributed by atoms with Gasteiger partial charge in [-0.15, -0.1) is 0 Å². The van der Waals surface area contributed by atoms with Crippen LogP contribution in [0.1, 0.15) is 29.5 Å². The minimum atomic E-state index is -0.697. The van der Waals surface area contributed by atoms with Crippen molar-refractivity contribution in [3.8, 4) is 11.5 Å². The SMILES string of the molecule is CC(=O)C(Cc1ccccc1)NC(=O)COC(=O)C1c2ccccc2Oc2ccccc21. The lowest BCUT2D eigenvalue weighted by molar-refractivity contribution is -0.149. The van der Waals surface area contributed by atoms with Crippen LogP contribution in [-0.2, 0) is 25.5 Å². The Morgan fingerprint density at radius 3 is 2.03 bits per heavy atom. The zero-order valence-electron chi connectivity index (χ0n) is 17.6. The third-order valence-electron chi connectivity index (χ3n) is 5.37. The molecule has 0 saturated carbocycles. The molecule has 1 amide bonds. The molecule has 0 bridgehead atoms. The van der Waals surface area contributed by atoms with E-state index < -0.39 is 30.4 Å². The molecule has 1 N–H and O–H groups in total. The smallest absolute Gasteiger partial charge is 0.318 e. The largest absolute Gasteiger partial charge is 0.457 e. The number of hydrogen-bond acceptors (Lipinski definition) is 5. The molecule has 0 aliphatic carbocycles. The second-order valence-electron chi connectivity index (χ2n) is 7.64. The summed E-state index contributed by atoms with van der Waals surface area (Å²) in [5.74, 6) is -0.777. The number of Topliss-reactive ketones (excluding diaryl/α,β-unsaturated/α-hetero) is 1. The zero-order valence-corrected chi connectivity index (χ0v) is 17.6. The predicted octanol–water partition coefficient (Wildman–Crippen LogP) is 3.78. The number of benzene rings is 3. The van der Waals surface area contributed by atoms with Crippen LogP contribution in [0.5, 0.6) is 11.5 Å². The maximum absolute atomic E-state index is 13.0. The van der Waals surface area contributed by atoms with Crippen molar-refractivity contribution < 1.29 is 23.9 Å². The Balaban J connectivity index is 1.43. The number of rotatable bonds is 7. The lowest BCUT2D eigenvalue weighted by Crippen LogP contribution is -2.43. The Hall–Kier alpha value is -3.93. The van der Waals surface area contributed by atoms with E-state index in [1.165, 1.54) is 6.92 Å². The fraction of sp³-hybridized carbons (Fsp3) is 0.192. The second-order valence-corrected chi connectivity index (χ2v) is 7.64. The summed E-state index contributed by atoms with van der Waals surface area (Å²) in [5.41, 5.74) is 2.30. The summed E-state index contributed by atoms with van der Waals surface area (Å²) >= 11 is 0. The topological polar surface area (TPSA) is 81.7 Å². The molecule has 1 atom stereocenters. The van der Waals surface area contributed by atoms with Gasteiger partial charge in [-0.3, -0.25) is 14.4 Å². The fourth-order valence-electron chi connectivity index (χ4n) is 3.77. The number of ether oxygens (including phenoxy) is 2. The quantitative estimate of drug-likeness (QED) is 0.578. The van der Waals surface area contributed by atoms with Crippen molar-refractivity contribution in [1.29, 1.82) is 0 Å². The van der Waals surface area contributed by atoms with Gasteiger partial charge in [0.05, 0.1) is 6.04 Å². The van der Waals surface area contributed by atoms with Gasteiger partial charge < -0.3 is 14.8 Å². The van der Waals surface area contributed by atoms with E-state index >= 15 is 0 Å². The first-order valence-electron chi connectivity index (χ1n) is 10.4. The van der Waals surface area contributed by atoms with Crippen molar-refractivity contribution in [2.75, 3.05) is 6.61 Å². The van der Waals surface area contributed by atoms with Crippen molar-refractivity contribution in [3.63, 3.8) is 0 Å². The van der Waals surface area contributed by atoms with Crippen molar-refractivity contribution in [2.45, 2.75) is 25.3 Å². The number of para-hydroxylation sites is 2. The minimum absolute atomic E-state index is 0.166. The standard InChI is InChI=1S/C26H23NO5/c1-17(28)21(15-18-9-3-2-4-10-18)27-24(29)16-31-26(30)25-19-11-5-7-13-22(19)32-23-14-8-6-12-20(23)25/h2-14,21,25H,15-16H2,1H3,(H,27,29). The number of ketones is 1. The first-order valence-corrected chi connectivity index (χ1v) is 10.4. The summed E-state index contributed by atoms with van der Waals surface area (Å²) in [5, 5.41) is 2.67. The van der Waals surface area contributed by atoms with Gasteiger partial charge in [-0.05, 0) is 31.0 Å².